The van der Waals surface area contributed by atoms with Crippen molar-refractivity contribution < 1.29 is 19.1 Å². The van der Waals surface area contributed by atoms with Crippen LogP contribution in [0.5, 0.6) is 5.75 Å². The Morgan fingerprint density at radius 1 is 1.07 bits per heavy atom. The maximum Gasteiger partial charge on any atom is 0.338 e. The van der Waals surface area contributed by atoms with Crippen LogP contribution in [0, 0.1) is 0 Å². The molecule has 0 radical (unpaired) electrons. The van der Waals surface area contributed by atoms with E-state index in [-0.39, 0.29) is 24.6 Å². The fourth-order valence-electron chi connectivity index (χ4n) is 2.98. The number of esters is 1. The highest BCUT2D eigenvalue weighted by Crippen LogP contribution is 2.15. The Labute approximate surface area is 169 Å². The molecule has 0 spiro atoms. The fourth-order valence-corrected chi connectivity index (χ4v) is 3.73. The van der Waals surface area contributed by atoms with Crippen LogP contribution in [0.1, 0.15) is 29.1 Å². The number of benzene rings is 1. The zero-order valence-corrected chi connectivity index (χ0v) is 17.1. The standard InChI is InChI=1S/C21H26N2O4S/c1-16(2)27-21(25)17-5-7-18(8-6-17)26-15-20(24)23-11-9-22(10-12-23)14-19-4-3-13-28-19/h3-8,13,16H,9-12,14-15H2,1-2H3. The average Bonchev–Trinajstić information content (AvgIpc) is 3.19. The summed E-state index contributed by atoms with van der Waals surface area (Å²) in [5, 5.41) is 2.09. The van der Waals surface area contributed by atoms with Crippen molar-refractivity contribution >= 4 is 23.2 Å². The van der Waals surface area contributed by atoms with Crippen molar-refractivity contribution in [2.75, 3.05) is 32.8 Å². The molecule has 28 heavy (non-hydrogen) atoms. The molecular formula is C21H26N2O4S. The molecule has 0 bridgehead atoms. The molecule has 0 aliphatic carbocycles. The van der Waals surface area contributed by atoms with Crippen LogP contribution in [0.2, 0.25) is 0 Å². The molecule has 2 heterocycles. The summed E-state index contributed by atoms with van der Waals surface area (Å²) in [5.74, 6) is 0.183. The molecule has 1 aromatic carbocycles. The second-order valence-corrected chi connectivity index (χ2v) is 8.04. The summed E-state index contributed by atoms with van der Waals surface area (Å²) < 4.78 is 10.7. The van der Waals surface area contributed by atoms with Gasteiger partial charge in [-0.25, -0.2) is 4.79 Å². The van der Waals surface area contributed by atoms with Gasteiger partial charge in [-0.3, -0.25) is 9.69 Å². The predicted molar refractivity (Wildman–Crippen MR) is 109 cm³/mol. The van der Waals surface area contributed by atoms with Gasteiger partial charge in [-0.15, -0.1) is 11.3 Å². The molecule has 0 saturated carbocycles. The van der Waals surface area contributed by atoms with E-state index in [1.54, 1.807) is 35.6 Å². The van der Waals surface area contributed by atoms with Crippen LogP contribution in [0.4, 0.5) is 0 Å². The Morgan fingerprint density at radius 3 is 2.39 bits per heavy atom. The molecular weight excluding hydrogens is 376 g/mol. The lowest BCUT2D eigenvalue weighted by atomic mass is 10.2. The Kier molecular flexibility index (Phi) is 7.06. The molecule has 1 fully saturated rings. The van der Waals surface area contributed by atoms with E-state index in [9.17, 15) is 9.59 Å². The summed E-state index contributed by atoms with van der Waals surface area (Å²) in [5.41, 5.74) is 0.467. The topological polar surface area (TPSA) is 59.1 Å². The Bertz CT molecular complexity index is 766. The molecule has 0 unspecified atom stereocenters. The number of nitrogens with zero attached hydrogens (tertiary/aromatic N) is 2. The molecule has 1 aliphatic heterocycles. The highest BCUT2D eigenvalue weighted by molar-refractivity contribution is 7.09. The number of hydrogen-bond donors (Lipinski definition) is 0. The van der Waals surface area contributed by atoms with E-state index in [1.165, 1.54) is 4.88 Å². The van der Waals surface area contributed by atoms with Crippen molar-refractivity contribution in [2.45, 2.75) is 26.5 Å². The second-order valence-electron chi connectivity index (χ2n) is 7.00. The van der Waals surface area contributed by atoms with E-state index in [2.05, 4.69) is 22.4 Å². The van der Waals surface area contributed by atoms with Crippen molar-refractivity contribution in [3.8, 4) is 5.75 Å². The van der Waals surface area contributed by atoms with Gasteiger partial charge in [0.1, 0.15) is 5.75 Å². The molecule has 1 aromatic heterocycles. The zero-order chi connectivity index (χ0) is 19.9. The number of carbonyl (C=O) groups excluding carboxylic acids is 2. The van der Waals surface area contributed by atoms with E-state index in [1.807, 2.05) is 18.7 Å². The predicted octanol–water partition coefficient (Wildman–Crippen LogP) is 3.04. The summed E-state index contributed by atoms with van der Waals surface area (Å²) in [4.78, 5) is 29.8. The van der Waals surface area contributed by atoms with Crippen molar-refractivity contribution in [1.29, 1.82) is 0 Å². The normalized spacial score (nSPS) is 14.9. The lowest BCUT2D eigenvalue weighted by Crippen LogP contribution is -2.49. The van der Waals surface area contributed by atoms with Gasteiger partial charge in [-0.05, 0) is 49.6 Å². The van der Waals surface area contributed by atoms with Crippen LogP contribution < -0.4 is 4.74 Å². The summed E-state index contributed by atoms with van der Waals surface area (Å²) >= 11 is 1.76. The summed E-state index contributed by atoms with van der Waals surface area (Å²) in [6.07, 6.45) is -0.160. The molecule has 0 N–H and O–H groups in total. The number of thiophene rings is 1. The summed E-state index contributed by atoms with van der Waals surface area (Å²) in [6.45, 7) is 7.74. The van der Waals surface area contributed by atoms with Crippen molar-refractivity contribution in [2.24, 2.45) is 0 Å². The fraction of sp³-hybridized carbons (Fsp3) is 0.429. The first-order chi connectivity index (χ1) is 13.5. The van der Waals surface area contributed by atoms with E-state index in [0.29, 0.717) is 24.4 Å². The average molecular weight is 403 g/mol. The molecule has 1 aliphatic rings. The Hall–Kier alpha value is -2.38. The van der Waals surface area contributed by atoms with E-state index in [0.717, 1.165) is 19.6 Å². The lowest BCUT2D eigenvalue weighted by Gasteiger charge is -2.34. The van der Waals surface area contributed by atoms with Gasteiger partial charge in [0.2, 0.25) is 0 Å². The van der Waals surface area contributed by atoms with Crippen molar-refractivity contribution in [1.82, 2.24) is 9.80 Å². The number of piperazine rings is 1. The summed E-state index contributed by atoms with van der Waals surface area (Å²) in [6, 6.07) is 10.9. The summed E-state index contributed by atoms with van der Waals surface area (Å²) in [7, 11) is 0. The first-order valence-electron chi connectivity index (χ1n) is 9.47. The highest BCUT2D eigenvalue weighted by Gasteiger charge is 2.21. The van der Waals surface area contributed by atoms with Crippen LogP contribution in [0.15, 0.2) is 41.8 Å². The number of hydrogen-bond acceptors (Lipinski definition) is 6. The van der Waals surface area contributed by atoms with Gasteiger partial charge >= 0.3 is 5.97 Å². The van der Waals surface area contributed by atoms with Crippen LogP contribution >= 0.6 is 11.3 Å². The molecule has 150 valence electrons. The highest BCUT2D eigenvalue weighted by atomic mass is 32.1. The maximum absolute atomic E-state index is 12.4. The first-order valence-corrected chi connectivity index (χ1v) is 10.4. The van der Waals surface area contributed by atoms with Crippen molar-refractivity contribution in [3.63, 3.8) is 0 Å². The number of rotatable bonds is 7. The molecule has 1 amide bonds. The van der Waals surface area contributed by atoms with E-state index < -0.39 is 0 Å². The lowest BCUT2D eigenvalue weighted by molar-refractivity contribution is -0.135. The number of carbonyl (C=O) groups is 2. The number of ether oxygens (including phenoxy) is 2. The molecule has 2 aromatic rings. The van der Waals surface area contributed by atoms with Crippen molar-refractivity contribution in [3.05, 3.63) is 52.2 Å². The largest absolute Gasteiger partial charge is 0.484 e. The monoisotopic (exact) mass is 402 g/mol. The molecule has 1 saturated heterocycles. The smallest absolute Gasteiger partial charge is 0.338 e. The number of amides is 1. The van der Waals surface area contributed by atoms with Gasteiger partial charge in [0.05, 0.1) is 11.7 Å². The van der Waals surface area contributed by atoms with Crippen LogP contribution in [0.3, 0.4) is 0 Å². The molecule has 6 nitrogen and oxygen atoms in total. The quantitative estimate of drug-likeness (QED) is 0.667. The van der Waals surface area contributed by atoms with E-state index >= 15 is 0 Å². The minimum Gasteiger partial charge on any atom is -0.484 e. The van der Waals surface area contributed by atoms with Gasteiger partial charge in [0.25, 0.3) is 5.91 Å². The van der Waals surface area contributed by atoms with Gasteiger partial charge < -0.3 is 14.4 Å². The first kappa shape index (κ1) is 20.4. The Morgan fingerprint density at radius 2 is 1.79 bits per heavy atom. The molecule has 0 atom stereocenters. The zero-order valence-electron chi connectivity index (χ0n) is 16.3. The third kappa shape index (κ3) is 5.81. The van der Waals surface area contributed by atoms with E-state index in [4.69, 9.17) is 9.47 Å². The van der Waals surface area contributed by atoms with Gasteiger partial charge in [0.15, 0.2) is 6.61 Å². The van der Waals surface area contributed by atoms with Gasteiger partial charge in [0, 0.05) is 37.6 Å². The third-order valence-corrected chi connectivity index (χ3v) is 5.34. The molecule has 7 heteroatoms. The van der Waals surface area contributed by atoms with Gasteiger partial charge in [-0.1, -0.05) is 6.07 Å². The van der Waals surface area contributed by atoms with Crippen LogP contribution in [-0.4, -0.2) is 60.6 Å². The molecule has 3 rings (SSSR count). The SMILES string of the molecule is CC(C)OC(=O)c1ccc(OCC(=O)N2CCN(Cc3cccs3)CC2)cc1. The minimum absolute atomic E-state index is 0.000706. The minimum atomic E-state index is -0.363. The van der Waals surface area contributed by atoms with Crippen LogP contribution in [-0.2, 0) is 16.1 Å². The second kappa shape index (κ2) is 9.71. The maximum atomic E-state index is 12.4. The van der Waals surface area contributed by atoms with Crippen LogP contribution in [0.25, 0.3) is 0 Å². The van der Waals surface area contributed by atoms with Gasteiger partial charge in [-0.2, -0.15) is 0 Å². The third-order valence-electron chi connectivity index (χ3n) is 4.48. The Balaban J connectivity index is 1.41.